The zero-order chi connectivity index (χ0) is 24.2. The number of hydrogen-bond donors (Lipinski definition) is 2. The molecule has 33 heavy (non-hydrogen) atoms. The molecule has 1 atom stereocenters. The number of alkyl halides is 5. The van der Waals surface area contributed by atoms with Crippen LogP contribution in [0.3, 0.4) is 0 Å². The van der Waals surface area contributed by atoms with Crippen molar-refractivity contribution in [2.75, 3.05) is 23.3 Å². The highest BCUT2D eigenvalue weighted by molar-refractivity contribution is 7.89. The van der Waals surface area contributed by atoms with Crippen LogP contribution in [-0.4, -0.2) is 43.3 Å². The summed E-state index contributed by atoms with van der Waals surface area (Å²) in [5.74, 6) is -4.07. The Hall–Kier alpha value is -2.87. The van der Waals surface area contributed by atoms with E-state index in [-0.39, 0.29) is 37.4 Å². The largest absolute Gasteiger partial charge is 0.417 e. The third-order valence-electron chi connectivity index (χ3n) is 5.81. The molecule has 1 spiro atoms. The van der Waals surface area contributed by atoms with E-state index in [1.165, 1.54) is 11.0 Å². The summed E-state index contributed by atoms with van der Waals surface area (Å²) < 4.78 is 90.6. The molecule has 3 heterocycles. The summed E-state index contributed by atoms with van der Waals surface area (Å²) in [4.78, 5) is 21.7. The SMILES string of the molecule is NS(=O)(=O)c1cc(NC(=O)c2cc(C(F)(F)F)cnc2N2CCC[C@]3(C2)CC3(F)F)ccn1. The minimum absolute atomic E-state index is 0.0915. The fourth-order valence-corrected chi connectivity index (χ4v) is 4.51. The lowest BCUT2D eigenvalue weighted by Crippen LogP contribution is -2.40. The molecule has 8 nitrogen and oxygen atoms in total. The molecule has 1 aliphatic heterocycles. The van der Waals surface area contributed by atoms with Crippen molar-refractivity contribution in [3.8, 4) is 0 Å². The fraction of sp³-hybridized carbons (Fsp3) is 0.421. The molecule has 3 N–H and O–H groups in total. The number of nitrogens with zero attached hydrogens (tertiary/aromatic N) is 3. The van der Waals surface area contributed by atoms with Gasteiger partial charge in [0.15, 0.2) is 5.03 Å². The van der Waals surface area contributed by atoms with E-state index in [4.69, 9.17) is 5.14 Å². The van der Waals surface area contributed by atoms with Gasteiger partial charge >= 0.3 is 6.18 Å². The molecule has 0 bridgehead atoms. The Morgan fingerprint density at radius 1 is 1.21 bits per heavy atom. The number of piperidine rings is 1. The lowest BCUT2D eigenvalue weighted by molar-refractivity contribution is -0.137. The number of carbonyl (C=O) groups is 1. The molecule has 1 saturated heterocycles. The first-order chi connectivity index (χ1) is 15.2. The van der Waals surface area contributed by atoms with Crippen LogP contribution in [0.15, 0.2) is 35.6 Å². The average molecular weight is 491 g/mol. The van der Waals surface area contributed by atoms with Gasteiger partial charge in [-0.25, -0.2) is 32.3 Å². The average Bonchev–Trinajstić information content (AvgIpc) is 3.24. The first kappa shape index (κ1) is 23.3. The van der Waals surface area contributed by atoms with Crippen LogP contribution in [0.25, 0.3) is 0 Å². The standard InChI is InChI=1S/C19H18F5N5O3S/c20-18(21)9-17(18)3-1-5-29(10-17)15-13(6-11(8-27-15)19(22,23)24)16(30)28-12-2-4-26-14(7-12)33(25,31)32/h2,4,6-8H,1,3,5,9-10H2,(H2,25,31,32)(H,26,28,30)/t17-/m1/s1. The van der Waals surface area contributed by atoms with Crippen LogP contribution in [0.4, 0.5) is 33.5 Å². The molecule has 1 aliphatic carbocycles. The number of anilines is 2. The van der Waals surface area contributed by atoms with Crippen molar-refractivity contribution in [3.63, 3.8) is 0 Å². The van der Waals surface area contributed by atoms with Gasteiger partial charge in [0.25, 0.3) is 21.9 Å². The molecule has 2 aromatic rings. The maximum absolute atomic E-state index is 13.9. The van der Waals surface area contributed by atoms with Gasteiger partial charge in [-0.15, -0.1) is 0 Å². The van der Waals surface area contributed by atoms with Gasteiger partial charge in [0.2, 0.25) is 0 Å². The molecular weight excluding hydrogens is 473 g/mol. The number of hydrogen-bond acceptors (Lipinski definition) is 6. The van der Waals surface area contributed by atoms with Crippen molar-refractivity contribution in [1.29, 1.82) is 0 Å². The quantitative estimate of drug-likeness (QED) is 0.635. The van der Waals surface area contributed by atoms with E-state index < -0.39 is 49.6 Å². The van der Waals surface area contributed by atoms with Crippen molar-refractivity contribution in [1.82, 2.24) is 9.97 Å². The van der Waals surface area contributed by atoms with Crippen LogP contribution in [0.5, 0.6) is 0 Å². The molecule has 1 amide bonds. The first-order valence-electron chi connectivity index (χ1n) is 9.72. The van der Waals surface area contributed by atoms with Crippen molar-refractivity contribution in [2.45, 2.75) is 36.4 Å². The first-order valence-corrected chi connectivity index (χ1v) is 11.3. The summed E-state index contributed by atoms with van der Waals surface area (Å²) in [6, 6.07) is 2.74. The number of nitrogens with two attached hydrogens (primary N) is 1. The Kier molecular flexibility index (Phi) is 5.35. The predicted molar refractivity (Wildman–Crippen MR) is 106 cm³/mol. The van der Waals surface area contributed by atoms with Gasteiger partial charge in [-0.1, -0.05) is 0 Å². The minimum Gasteiger partial charge on any atom is -0.355 e. The van der Waals surface area contributed by atoms with E-state index >= 15 is 0 Å². The van der Waals surface area contributed by atoms with Crippen molar-refractivity contribution >= 4 is 27.4 Å². The van der Waals surface area contributed by atoms with Gasteiger partial charge < -0.3 is 10.2 Å². The Morgan fingerprint density at radius 2 is 1.91 bits per heavy atom. The second-order valence-electron chi connectivity index (χ2n) is 8.16. The molecule has 0 radical (unpaired) electrons. The topological polar surface area (TPSA) is 118 Å². The number of nitrogens with one attached hydrogen (secondary N) is 1. The van der Waals surface area contributed by atoms with Crippen molar-refractivity contribution in [3.05, 3.63) is 41.7 Å². The maximum Gasteiger partial charge on any atom is 0.417 e. The van der Waals surface area contributed by atoms with E-state index in [1.807, 2.05) is 0 Å². The van der Waals surface area contributed by atoms with E-state index in [2.05, 4.69) is 15.3 Å². The van der Waals surface area contributed by atoms with Crippen LogP contribution in [0.2, 0.25) is 0 Å². The molecule has 2 aliphatic rings. The number of rotatable bonds is 4. The van der Waals surface area contributed by atoms with E-state index in [1.54, 1.807) is 0 Å². The summed E-state index contributed by atoms with van der Waals surface area (Å²) in [5, 5.41) is 6.75. The number of sulfonamides is 1. The molecule has 14 heteroatoms. The smallest absolute Gasteiger partial charge is 0.355 e. The molecule has 0 unspecified atom stereocenters. The third kappa shape index (κ3) is 4.49. The fourth-order valence-electron chi connectivity index (χ4n) is 4.01. The molecule has 0 aromatic carbocycles. The van der Waals surface area contributed by atoms with Crippen molar-refractivity contribution in [2.24, 2.45) is 10.6 Å². The number of aromatic nitrogens is 2. The van der Waals surface area contributed by atoms with Crippen LogP contribution in [0, 0.1) is 5.41 Å². The lowest BCUT2D eigenvalue weighted by atomic mass is 9.94. The predicted octanol–water partition coefficient (Wildman–Crippen LogP) is 3.02. The summed E-state index contributed by atoms with van der Waals surface area (Å²) in [6.07, 6.45) is -2.90. The normalized spacial score (nSPS) is 22.3. The number of carbonyl (C=O) groups excluding carboxylic acids is 1. The van der Waals surface area contributed by atoms with Gasteiger partial charge in [-0.05, 0) is 25.0 Å². The summed E-state index contributed by atoms with van der Waals surface area (Å²) in [5.41, 5.74) is -3.05. The second-order valence-corrected chi connectivity index (χ2v) is 9.67. The molecular formula is C19H18F5N5O3S. The minimum atomic E-state index is -4.80. The van der Waals surface area contributed by atoms with Crippen LogP contribution in [0.1, 0.15) is 35.2 Å². The van der Waals surface area contributed by atoms with E-state index in [0.717, 1.165) is 12.3 Å². The molecule has 2 fully saturated rings. The van der Waals surface area contributed by atoms with E-state index in [0.29, 0.717) is 18.7 Å². The Balaban J connectivity index is 1.69. The monoisotopic (exact) mass is 491 g/mol. The molecule has 4 rings (SSSR count). The Bertz CT molecular complexity index is 1220. The highest BCUT2D eigenvalue weighted by Gasteiger charge is 2.71. The Labute approximate surface area is 185 Å². The van der Waals surface area contributed by atoms with Crippen molar-refractivity contribution < 1.29 is 35.2 Å². The van der Waals surface area contributed by atoms with Gasteiger partial charge in [-0.3, -0.25) is 4.79 Å². The molecule has 1 saturated carbocycles. The highest BCUT2D eigenvalue weighted by atomic mass is 32.2. The zero-order valence-corrected chi connectivity index (χ0v) is 17.7. The van der Waals surface area contributed by atoms with E-state index in [9.17, 15) is 35.2 Å². The summed E-state index contributed by atoms with van der Waals surface area (Å²) in [6.45, 7) is 0.0881. The van der Waals surface area contributed by atoms with Gasteiger partial charge in [0.1, 0.15) is 5.82 Å². The number of primary sulfonamides is 1. The van der Waals surface area contributed by atoms with Crippen LogP contribution in [-0.2, 0) is 16.2 Å². The van der Waals surface area contributed by atoms with Crippen LogP contribution < -0.4 is 15.4 Å². The number of halogens is 5. The van der Waals surface area contributed by atoms with Gasteiger partial charge in [-0.2, -0.15) is 13.2 Å². The van der Waals surface area contributed by atoms with Crippen LogP contribution >= 0.6 is 0 Å². The summed E-state index contributed by atoms with van der Waals surface area (Å²) in [7, 11) is -4.20. The second kappa shape index (κ2) is 7.58. The van der Waals surface area contributed by atoms with Gasteiger partial charge in [0.05, 0.1) is 16.5 Å². The number of pyridine rings is 2. The van der Waals surface area contributed by atoms with Gasteiger partial charge in [0, 0.05) is 43.7 Å². The zero-order valence-electron chi connectivity index (χ0n) is 16.9. The Morgan fingerprint density at radius 3 is 2.52 bits per heavy atom. The highest BCUT2D eigenvalue weighted by Crippen LogP contribution is 2.64. The summed E-state index contributed by atoms with van der Waals surface area (Å²) >= 11 is 0. The number of amides is 1. The molecule has 178 valence electrons. The molecule has 2 aromatic heterocycles. The lowest BCUT2D eigenvalue weighted by Gasteiger charge is -2.35. The third-order valence-corrected chi connectivity index (χ3v) is 6.62. The maximum atomic E-state index is 13.9.